The Bertz CT molecular complexity index is 884. The van der Waals surface area contributed by atoms with Crippen molar-refractivity contribution in [2.24, 2.45) is 0 Å². The average Bonchev–Trinajstić information content (AvgIpc) is 2.52. The maximum absolute atomic E-state index is 12.6. The van der Waals surface area contributed by atoms with E-state index in [1.165, 1.54) is 37.4 Å². The van der Waals surface area contributed by atoms with E-state index in [2.05, 4.69) is 5.32 Å². The van der Waals surface area contributed by atoms with Crippen molar-refractivity contribution < 1.29 is 18.0 Å². The highest BCUT2D eigenvalue weighted by Crippen LogP contribution is 2.34. The average molecular weight is 301 g/mol. The Morgan fingerprint density at radius 1 is 1.00 bits per heavy atom. The van der Waals surface area contributed by atoms with Gasteiger partial charge in [-0.05, 0) is 30.3 Å². The smallest absolute Gasteiger partial charge is 0.251 e. The standard InChI is InChI=1S/C15H11NO4S/c1-16-15(18)9-6-7-11-13(8-9)21(19,20)12-5-3-2-4-10(12)14(11)17/h2-8H,1H3,(H,16,18). The molecular formula is C15H11NO4S. The van der Waals surface area contributed by atoms with E-state index in [0.29, 0.717) is 0 Å². The van der Waals surface area contributed by atoms with E-state index >= 15 is 0 Å². The van der Waals surface area contributed by atoms with Gasteiger partial charge in [-0.2, -0.15) is 0 Å². The van der Waals surface area contributed by atoms with Crippen molar-refractivity contribution >= 4 is 21.5 Å². The molecule has 0 bridgehead atoms. The Morgan fingerprint density at radius 2 is 1.67 bits per heavy atom. The molecule has 106 valence electrons. The topological polar surface area (TPSA) is 80.3 Å². The summed E-state index contributed by atoms with van der Waals surface area (Å²) in [5, 5.41) is 2.43. The largest absolute Gasteiger partial charge is 0.355 e. The summed E-state index contributed by atoms with van der Waals surface area (Å²) in [5.74, 6) is -0.752. The lowest BCUT2D eigenvalue weighted by Gasteiger charge is -2.19. The summed E-state index contributed by atoms with van der Waals surface area (Å²) < 4.78 is 25.2. The normalized spacial score (nSPS) is 15.0. The highest BCUT2D eigenvalue weighted by atomic mass is 32.2. The number of ketones is 1. The molecule has 1 heterocycles. The number of fused-ring (bicyclic) bond motifs is 2. The fourth-order valence-electron chi connectivity index (χ4n) is 2.37. The molecule has 0 radical (unpaired) electrons. The molecule has 1 N–H and O–H groups in total. The molecule has 3 rings (SSSR count). The minimum absolute atomic E-state index is 0.0171. The van der Waals surface area contributed by atoms with Gasteiger partial charge in [0.2, 0.25) is 9.84 Å². The minimum atomic E-state index is -3.80. The third-order valence-electron chi connectivity index (χ3n) is 3.43. The molecule has 5 nitrogen and oxygen atoms in total. The van der Waals surface area contributed by atoms with Crippen LogP contribution in [0.15, 0.2) is 52.3 Å². The molecule has 0 atom stereocenters. The van der Waals surface area contributed by atoms with Crippen molar-refractivity contribution in [2.75, 3.05) is 7.05 Å². The third kappa shape index (κ3) is 1.87. The van der Waals surface area contributed by atoms with Crippen LogP contribution in [0.1, 0.15) is 26.3 Å². The molecule has 1 aliphatic heterocycles. The van der Waals surface area contributed by atoms with Gasteiger partial charge in [0.15, 0.2) is 5.78 Å². The number of carbonyl (C=O) groups is 2. The molecule has 0 aliphatic carbocycles. The first kappa shape index (κ1) is 13.5. The Morgan fingerprint density at radius 3 is 2.38 bits per heavy atom. The summed E-state index contributed by atoms with van der Waals surface area (Å²) in [7, 11) is -2.34. The van der Waals surface area contributed by atoms with Crippen LogP contribution in [0.2, 0.25) is 0 Å². The maximum atomic E-state index is 12.6. The SMILES string of the molecule is CNC(=O)c1ccc2c(c1)S(=O)(=O)c1ccccc1C2=O. The van der Waals surface area contributed by atoms with Crippen molar-refractivity contribution in [2.45, 2.75) is 9.79 Å². The summed E-state index contributed by atoms with van der Waals surface area (Å²) in [6.45, 7) is 0. The van der Waals surface area contributed by atoms with Crippen LogP contribution in [-0.4, -0.2) is 27.2 Å². The summed E-state index contributed by atoms with van der Waals surface area (Å²) >= 11 is 0. The van der Waals surface area contributed by atoms with E-state index in [1.54, 1.807) is 12.1 Å². The molecule has 0 saturated carbocycles. The van der Waals surface area contributed by atoms with E-state index in [1.807, 2.05) is 0 Å². The van der Waals surface area contributed by atoms with Crippen molar-refractivity contribution in [3.8, 4) is 0 Å². The van der Waals surface area contributed by atoms with Gasteiger partial charge < -0.3 is 5.32 Å². The summed E-state index contributed by atoms with van der Waals surface area (Å²) in [5.41, 5.74) is 0.464. The van der Waals surface area contributed by atoms with Gasteiger partial charge in [-0.25, -0.2) is 8.42 Å². The maximum Gasteiger partial charge on any atom is 0.251 e. The Kier molecular flexibility index (Phi) is 2.91. The van der Waals surface area contributed by atoms with Crippen molar-refractivity contribution in [1.29, 1.82) is 0 Å². The first-order valence-corrected chi connectivity index (χ1v) is 7.70. The lowest BCUT2D eigenvalue weighted by atomic mass is 10.0. The van der Waals surface area contributed by atoms with Gasteiger partial charge in [-0.3, -0.25) is 9.59 Å². The predicted octanol–water partition coefficient (Wildman–Crippen LogP) is 1.42. The van der Waals surface area contributed by atoms with Gasteiger partial charge in [0.25, 0.3) is 5.91 Å². The molecule has 0 unspecified atom stereocenters. The molecule has 2 aromatic rings. The molecule has 2 aromatic carbocycles. The highest BCUT2D eigenvalue weighted by molar-refractivity contribution is 7.91. The highest BCUT2D eigenvalue weighted by Gasteiger charge is 2.34. The number of sulfone groups is 1. The monoisotopic (exact) mass is 301 g/mol. The zero-order valence-electron chi connectivity index (χ0n) is 11.1. The number of hydrogen-bond acceptors (Lipinski definition) is 4. The molecule has 1 aliphatic rings. The van der Waals surface area contributed by atoms with Gasteiger partial charge in [-0.15, -0.1) is 0 Å². The van der Waals surface area contributed by atoms with Gasteiger partial charge in [-0.1, -0.05) is 12.1 Å². The van der Waals surface area contributed by atoms with E-state index in [0.717, 1.165) is 0 Å². The van der Waals surface area contributed by atoms with Crippen molar-refractivity contribution in [3.63, 3.8) is 0 Å². The van der Waals surface area contributed by atoms with Crippen LogP contribution in [0.4, 0.5) is 0 Å². The van der Waals surface area contributed by atoms with E-state index in [9.17, 15) is 18.0 Å². The fraction of sp³-hybridized carbons (Fsp3) is 0.0667. The van der Waals surface area contributed by atoms with Crippen LogP contribution in [0.5, 0.6) is 0 Å². The number of hydrogen-bond donors (Lipinski definition) is 1. The lowest BCUT2D eigenvalue weighted by Crippen LogP contribution is -2.23. The minimum Gasteiger partial charge on any atom is -0.355 e. The zero-order chi connectivity index (χ0) is 15.2. The Balaban J connectivity index is 2.32. The Hall–Kier alpha value is -2.47. The second-order valence-electron chi connectivity index (χ2n) is 4.62. The number of amides is 1. The molecule has 0 aromatic heterocycles. The van der Waals surface area contributed by atoms with Crippen molar-refractivity contribution in [1.82, 2.24) is 5.32 Å². The molecule has 0 fully saturated rings. The van der Waals surface area contributed by atoms with E-state index in [-0.39, 0.29) is 32.3 Å². The molecule has 1 amide bonds. The summed E-state index contributed by atoms with van der Waals surface area (Å²) in [6.07, 6.45) is 0. The van der Waals surface area contributed by atoms with Crippen molar-refractivity contribution in [3.05, 3.63) is 59.2 Å². The number of benzene rings is 2. The van der Waals surface area contributed by atoms with Gasteiger partial charge in [0.1, 0.15) is 0 Å². The summed E-state index contributed by atoms with van der Waals surface area (Å²) in [4.78, 5) is 23.9. The second kappa shape index (κ2) is 4.53. The molecule has 6 heteroatoms. The molecule has 0 saturated heterocycles. The quantitative estimate of drug-likeness (QED) is 0.737. The third-order valence-corrected chi connectivity index (χ3v) is 5.28. The van der Waals surface area contributed by atoms with E-state index in [4.69, 9.17) is 0 Å². The van der Waals surface area contributed by atoms with Crippen LogP contribution >= 0.6 is 0 Å². The number of carbonyl (C=O) groups excluding carboxylic acids is 2. The molecule has 0 spiro atoms. The summed E-state index contributed by atoms with van der Waals surface area (Å²) in [6, 6.07) is 10.2. The lowest BCUT2D eigenvalue weighted by molar-refractivity contribution is 0.0960. The first-order valence-electron chi connectivity index (χ1n) is 6.22. The predicted molar refractivity (Wildman–Crippen MR) is 75.2 cm³/mol. The van der Waals surface area contributed by atoms with Gasteiger partial charge in [0.05, 0.1) is 9.79 Å². The van der Waals surface area contributed by atoms with Crippen LogP contribution in [0.3, 0.4) is 0 Å². The second-order valence-corrected chi connectivity index (χ2v) is 6.51. The number of rotatable bonds is 1. The van der Waals surface area contributed by atoms with Crippen LogP contribution in [0, 0.1) is 0 Å². The van der Waals surface area contributed by atoms with Crippen LogP contribution in [0.25, 0.3) is 0 Å². The zero-order valence-corrected chi connectivity index (χ0v) is 11.9. The Labute approximate surface area is 121 Å². The molecule has 21 heavy (non-hydrogen) atoms. The first-order chi connectivity index (χ1) is 9.96. The van der Waals surface area contributed by atoms with Crippen LogP contribution in [-0.2, 0) is 9.84 Å². The molecular weight excluding hydrogens is 290 g/mol. The van der Waals surface area contributed by atoms with E-state index < -0.39 is 15.7 Å². The van der Waals surface area contributed by atoms with Gasteiger partial charge >= 0.3 is 0 Å². The van der Waals surface area contributed by atoms with Crippen LogP contribution < -0.4 is 5.32 Å². The van der Waals surface area contributed by atoms with Gasteiger partial charge in [0, 0.05) is 23.7 Å². The fourth-order valence-corrected chi connectivity index (χ4v) is 4.05. The number of nitrogens with one attached hydrogen (secondary N) is 1.